The molecule has 0 spiro atoms. The van der Waals surface area contributed by atoms with Crippen molar-refractivity contribution in [2.24, 2.45) is 5.73 Å². The van der Waals surface area contributed by atoms with E-state index in [1.165, 1.54) is 11.8 Å². The van der Waals surface area contributed by atoms with Crippen LogP contribution in [0.25, 0.3) is 0 Å². The summed E-state index contributed by atoms with van der Waals surface area (Å²) in [6.07, 6.45) is 1.82. The minimum atomic E-state index is -1.25. The molecule has 1 aromatic carbocycles. The highest BCUT2D eigenvalue weighted by atomic mass is 32.2. The van der Waals surface area contributed by atoms with E-state index in [-0.39, 0.29) is 24.3 Å². The number of thioether (sulfide) groups is 1. The second kappa shape index (κ2) is 7.67. The van der Waals surface area contributed by atoms with Crippen molar-refractivity contribution in [3.05, 3.63) is 41.0 Å². The van der Waals surface area contributed by atoms with Gasteiger partial charge in [-0.1, -0.05) is 11.8 Å². The monoisotopic (exact) mass is 385 g/mol. The Morgan fingerprint density at radius 1 is 1.23 bits per heavy atom. The lowest BCUT2D eigenvalue weighted by atomic mass is 10.0. The van der Waals surface area contributed by atoms with Crippen molar-refractivity contribution < 1.29 is 18.0 Å². The Morgan fingerprint density at radius 3 is 2.69 bits per heavy atom. The standard InChI is InChI=1S/C16H18F3N5OS/c1-26-16-22-21-14-8-23(2-3-24(14)16)15(25)6-10(20)4-9-5-12(18)13(19)7-11(9)17/h5,7,10H,2-4,6,8,20H2,1H3. The van der Waals surface area contributed by atoms with Gasteiger partial charge < -0.3 is 15.2 Å². The minimum absolute atomic E-state index is 0.0258. The molecule has 0 bridgehead atoms. The van der Waals surface area contributed by atoms with Crippen LogP contribution in [0.15, 0.2) is 17.3 Å². The van der Waals surface area contributed by atoms with E-state index in [2.05, 4.69) is 10.2 Å². The van der Waals surface area contributed by atoms with Crippen molar-refractivity contribution in [1.82, 2.24) is 19.7 Å². The van der Waals surface area contributed by atoms with Gasteiger partial charge >= 0.3 is 0 Å². The van der Waals surface area contributed by atoms with E-state index in [1.54, 1.807) is 4.90 Å². The van der Waals surface area contributed by atoms with E-state index in [1.807, 2.05) is 10.8 Å². The number of aromatic nitrogens is 3. The van der Waals surface area contributed by atoms with Gasteiger partial charge in [-0.05, 0) is 24.3 Å². The molecule has 2 heterocycles. The third kappa shape index (κ3) is 3.85. The molecule has 1 unspecified atom stereocenters. The molecule has 1 aliphatic heterocycles. The molecule has 2 aromatic rings. The fraction of sp³-hybridized carbons (Fsp3) is 0.438. The van der Waals surface area contributed by atoms with Crippen molar-refractivity contribution in [3.63, 3.8) is 0 Å². The first-order chi connectivity index (χ1) is 12.4. The number of nitrogens with zero attached hydrogens (tertiary/aromatic N) is 4. The summed E-state index contributed by atoms with van der Waals surface area (Å²) in [6.45, 7) is 1.43. The summed E-state index contributed by atoms with van der Waals surface area (Å²) in [5, 5.41) is 8.94. The number of hydrogen-bond acceptors (Lipinski definition) is 5. The molecular weight excluding hydrogens is 367 g/mol. The van der Waals surface area contributed by atoms with Gasteiger partial charge in [-0.2, -0.15) is 0 Å². The highest BCUT2D eigenvalue weighted by Crippen LogP contribution is 2.20. The van der Waals surface area contributed by atoms with Gasteiger partial charge in [-0.25, -0.2) is 13.2 Å². The molecule has 3 rings (SSSR count). The maximum atomic E-state index is 13.7. The normalized spacial score (nSPS) is 15.0. The van der Waals surface area contributed by atoms with Crippen LogP contribution in [0.3, 0.4) is 0 Å². The average Bonchev–Trinajstić information content (AvgIpc) is 3.01. The Kier molecular flexibility index (Phi) is 5.52. The van der Waals surface area contributed by atoms with Crippen LogP contribution < -0.4 is 5.73 Å². The van der Waals surface area contributed by atoms with Gasteiger partial charge in [0.15, 0.2) is 22.6 Å². The predicted octanol–water partition coefficient (Wildman–Crippen LogP) is 1.72. The number of amides is 1. The quantitative estimate of drug-likeness (QED) is 0.627. The Hall–Kier alpha value is -2.07. The average molecular weight is 385 g/mol. The molecule has 26 heavy (non-hydrogen) atoms. The van der Waals surface area contributed by atoms with Crippen LogP contribution in [0.4, 0.5) is 13.2 Å². The summed E-state index contributed by atoms with van der Waals surface area (Å²) in [5.41, 5.74) is 5.87. The fourth-order valence-electron chi connectivity index (χ4n) is 2.92. The maximum Gasteiger partial charge on any atom is 0.224 e. The number of hydrogen-bond donors (Lipinski definition) is 1. The number of carbonyl (C=O) groups is 1. The minimum Gasteiger partial charge on any atom is -0.333 e. The molecule has 0 saturated heterocycles. The molecular formula is C16H18F3N5OS. The lowest BCUT2D eigenvalue weighted by Crippen LogP contribution is -2.41. The number of rotatable bonds is 5. The summed E-state index contributed by atoms with van der Waals surface area (Å²) in [5.74, 6) is -2.75. The van der Waals surface area contributed by atoms with E-state index < -0.39 is 23.5 Å². The zero-order chi connectivity index (χ0) is 18.8. The third-order valence-corrected chi connectivity index (χ3v) is 4.93. The molecule has 1 amide bonds. The summed E-state index contributed by atoms with van der Waals surface area (Å²) in [4.78, 5) is 14.1. The molecule has 0 saturated carbocycles. The summed E-state index contributed by atoms with van der Waals surface area (Å²) in [7, 11) is 0. The zero-order valence-corrected chi connectivity index (χ0v) is 14.9. The molecule has 140 valence electrons. The molecule has 2 N–H and O–H groups in total. The van der Waals surface area contributed by atoms with E-state index in [9.17, 15) is 18.0 Å². The van der Waals surface area contributed by atoms with Gasteiger partial charge in [0.1, 0.15) is 5.82 Å². The lowest BCUT2D eigenvalue weighted by molar-refractivity contribution is -0.133. The lowest BCUT2D eigenvalue weighted by Gasteiger charge is -2.28. The third-order valence-electron chi connectivity index (χ3n) is 4.26. The van der Waals surface area contributed by atoms with Gasteiger partial charge in [0.25, 0.3) is 0 Å². The van der Waals surface area contributed by atoms with Crippen molar-refractivity contribution >= 4 is 17.7 Å². The number of carbonyl (C=O) groups excluding carboxylic acids is 1. The first-order valence-corrected chi connectivity index (χ1v) is 9.24. The van der Waals surface area contributed by atoms with Gasteiger partial charge in [0, 0.05) is 31.6 Å². The van der Waals surface area contributed by atoms with Crippen molar-refractivity contribution in [1.29, 1.82) is 0 Å². The van der Waals surface area contributed by atoms with Crippen LogP contribution in [0.1, 0.15) is 17.8 Å². The van der Waals surface area contributed by atoms with Gasteiger partial charge in [0.2, 0.25) is 5.91 Å². The van der Waals surface area contributed by atoms with E-state index >= 15 is 0 Å². The maximum absolute atomic E-state index is 13.7. The largest absolute Gasteiger partial charge is 0.333 e. The Labute approximate surface area is 152 Å². The second-order valence-corrected chi connectivity index (χ2v) is 6.87. The van der Waals surface area contributed by atoms with E-state index in [0.717, 1.165) is 11.2 Å². The highest BCUT2D eigenvalue weighted by molar-refractivity contribution is 7.98. The van der Waals surface area contributed by atoms with E-state index in [0.29, 0.717) is 31.5 Å². The van der Waals surface area contributed by atoms with Gasteiger partial charge in [0.05, 0.1) is 6.54 Å². The highest BCUT2D eigenvalue weighted by Gasteiger charge is 2.25. The molecule has 1 aromatic heterocycles. The molecule has 1 atom stereocenters. The van der Waals surface area contributed by atoms with Crippen molar-refractivity contribution in [2.45, 2.75) is 37.1 Å². The van der Waals surface area contributed by atoms with Crippen LogP contribution >= 0.6 is 11.8 Å². The van der Waals surface area contributed by atoms with Crippen molar-refractivity contribution in [2.75, 3.05) is 12.8 Å². The first-order valence-electron chi connectivity index (χ1n) is 8.02. The van der Waals surface area contributed by atoms with Crippen LogP contribution in [0.5, 0.6) is 0 Å². The number of benzene rings is 1. The van der Waals surface area contributed by atoms with Crippen LogP contribution in [0.2, 0.25) is 0 Å². The summed E-state index contributed by atoms with van der Waals surface area (Å²) >= 11 is 1.49. The van der Waals surface area contributed by atoms with Gasteiger partial charge in [-0.15, -0.1) is 10.2 Å². The van der Waals surface area contributed by atoms with Crippen LogP contribution in [-0.2, 0) is 24.3 Å². The molecule has 6 nitrogen and oxygen atoms in total. The molecule has 1 aliphatic rings. The second-order valence-electron chi connectivity index (χ2n) is 6.10. The first kappa shape index (κ1) is 18.7. The van der Waals surface area contributed by atoms with Gasteiger partial charge in [-0.3, -0.25) is 4.79 Å². The van der Waals surface area contributed by atoms with E-state index in [4.69, 9.17) is 5.73 Å². The number of halogens is 3. The Morgan fingerprint density at radius 2 is 1.96 bits per heavy atom. The number of nitrogens with two attached hydrogens (primary N) is 1. The van der Waals surface area contributed by atoms with Crippen LogP contribution in [-0.4, -0.2) is 44.4 Å². The summed E-state index contributed by atoms with van der Waals surface area (Å²) in [6, 6.07) is 0.561. The topological polar surface area (TPSA) is 77.0 Å². The SMILES string of the molecule is CSc1nnc2n1CCN(C(=O)CC(N)Cc1cc(F)c(F)cc1F)C2. The molecule has 0 fully saturated rings. The Balaban J connectivity index is 1.60. The van der Waals surface area contributed by atoms with Crippen LogP contribution in [0, 0.1) is 17.5 Å². The van der Waals surface area contributed by atoms with Crippen molar-refractivity contribution in [3.8, 4) is 0 Å². The molecule has 0 aliphatic carbocycles. The smallest absolute Gasteiger partial charge is 0.224 e. The molecule has 0 radical (unpaired) electrons. The summed E-state index contributed by atoms with van der Waals surface area (Å²) < 4.78 is 41.9. The molecule has 10 heteroatoms. The Bertz CT molecular complexity index is 828. The zero-order valence-electron chi connectivity index (χ0n) is 14.1. The number of fused-ring (bicyclic) bond motifs is 1. The predicted molar refractivity (Wildman–Crippen MR) is 89.8 cm³/mol. The fourth-order valence-corrected chi connectivity index (χ4v) is 3.46.